The van der Waals surface area contributed by atoms with E-state index in [-0.39, 0.29) is 16.1 Å². The maximum Gasteiger partial charge on any atom is 0.416 e. The summed E-state index contributed by atoms with van der Waals surface area (Å²) in [6, 6.07) is 14.1. The summed E-state index contributed by atoms with van der Waals surface area (Å²) in [5.41, 5.74) is -0.0938. The fourth-order valence-corrected chi connectivity index (χ4v) is 4.11. The average molecular weight is 500 g/mol. The monoisotopic (exact) mass is 499 g/mol. The first-order valence-corrected chi connectivity index (χ1v) is 10.6. The predicted molar refractivity (Wildman–Crippen MR) is 109 cm³/mol. The van der Waals surface area contributed by atoms with Crippen molar-refractivity contribution in [2.24, 2.45) is 0 Å². The van der Waals surface area contributed by atoms with Gasteiger partial charge in [-0.2, -0.15) is 13.2 Å². The molecule has 0 saturated heterocycles. The van der Waals surface area contributed by atoms with Gasteiger partial charge in [-0.15, -0.1) is 0 Å². The highest BCUT2D eigenvalue weighted by Crippen LogP contribution is 2.31. The van der Waals surface area contributed by atoms with Crippen molar-refractivity contribution in [2.75, 3.05) is 4.72 Å². The summed E-state index contributed by atoms with van der Waals surface area (Å²) in [6.07, 6.45) is -4.44. The molecule has 3 aromatic carbocycles. The number of aromatic carboxylic acids is 1. The van der Waals surface area contributed by atoms with Crippen LogP contribution in [0.25, 0.3) is 11.1 Å². The number of carboxylic acids is 1. The van der Waals surface area contributed by atoms with Crippen molar-refractivity contribution in [1.82, 2.24) is 0 Å². The first-order chi connectivity index (χ1) is 14.0. The van der Waals surface area contributed by atoms with Crippen molar-refractivity contribution in [3.8, 4) is 11.1 Å². The Bertz CT molecular complexity index is 1190. The fourth-order valence-electron chi connectivity index (χ4n) is 2.66. The SMILES string of the molecule is O=C(O)c1cc(Br)ccc1NS(=O)(=O)c1ccc(-c2ccc(C(F)(F)F)cc2)cc1. The number of alkyl halides is 3. The van der Waals surface area contributed by atoms with Gasteiger partial charge in [0.25, 0.3) is 10.0 Å². The second-order valence-corrected chi connectivity index (χ2v) is 8.80. The molecule has 0 saturated carbocycles. The molecular formula is C20H13BrF3NO4S. The first-order valence-electron chi connectivity index (χ1n) is 8.31. The van der Waals surface area contributed by atoms with Gasteiger partial charge in [-0.05, 0) is 53.6 Å². The molecule has 0 heterocycles. The molecule has 0 aliphatic rings. The maximum atomic E-state index is 12.7. The number of halogens is 4. The number of nitrogens with one attached hydrogen (secondary N) is 1. The maximum absolute atomic E-state index is 12.7. The molecule has 3 rings (SSSR count). The second kappa shape index (κ2) is 8.11. The van der Waals surface area contributed by atoms with Crippen LogP contribution in [-0.2, 0) is 16.2 Å². The number of hydrogen-bond donors (Lipinski definition) is 2. The molecule has 5 nitrogen and oxygen atoms in total. The molecule has 10 heteroatoms. The van der Waals surface area contributed by atoms with Gasteiger partial charge in [0, 0.05) is 4.47 Å². The van der Waals surface area contributed by atoms with Gasteiger partial charge in [0.1, 0.15) is 0 Å². The van der Waals surface area contributed by atoms with E-state index in [1.165, 1.54) is 54.6 Å². The zero-order chi connectivity index (χ0) is 22.1. The Morgan fingerprint density at radius 2 is 1.43 bits per heavy atom. The lowest BCUT2D eigenvalue weighted by atomic mass is 10.0. The largest absolute Gasteiger partial charge is 0.478 e. The zero-order valence-corrected chi connectivity index (χ0v) is 17.3. The molecule has 0 spiro atoms. The van der Waals surface area contributed by atoms with Gasteiger partial charge in [0.05, 0.1) is 21.7 Å². The van der Waals surface area contributed by atoms with E-state index in [1.54, 1.807) is 0 Å². The molecule has 0 atom stereocenters. The Morgan fingerprint density at radius 3 is 1.93 bits per heavy atom. The smallest absolute Gasteiger partial charge is 0.416 e. The summed E-state index contributed by atoms with van der Waals surface area (Å²) in [5, 5.41) is 9.26. The van der Waals surface area contributed by atoms with E-state index in [1.807, 2.05) is 0 Å². The molecule has 0 bridgehead atoms. The minimum atomic E-state index is -4.44. The van der Waals surface area contributed by atoms with Crippen molar-refractivity contribution < 1.29 is 31.5 Å². The van der Waals surface area contributed by atoms with Gasteiger partial charge in [0.2, 0.25) is 0 Å². The Kier molecular flexibility index (Phi) is 5.91. The van der Waals surface area contributed by atoms with E-state index in [2.05, 4.69) is 20.7 Å². The van der Waals surface area contributed by atoms with Crippen LogP contribution in [0.1, 0.15) is 15.9 Å². The standard InChI is InChI=1S/C20H13BrF3NO4S/c21-15-7-10-18(17(11-15)19(26)27)25-30(28,29)16-8-3-13(4-9-16)12-1-5-14(6-2-12)20(22,23)24/h1-11,25H,(H,26,27). The Morgan fingerprint density at radius 1 is 0.900 bits per heavy atom. The van der Waals surface area contributed by atoms with E-state index < -0.39 is 27.7 Å². The second-order valence-electron chi connectivity index (χ2n) is 6.20. The summed E-state index contributed by atoms with van der Waals surface area (Å²) in [7, 11) is -4.08. The molecule has 0 fully saturated rings. The third-order valence-corrected chi connectivity index (χ3v) is 6.04. The molecule has 0 radical (unpaired) electrons. The van der Waals surface area contributed by atoms with Crippen molar-refractivity contribution in [2.45, 2.75) is 11.1 Å². The van der Waals surface area contributed by atoms with E-state index in [0.29, 0.717) is 15.6 Å². The van der Waals surface area contributed by atoms with Crippen LogP contribution in [0.3, 0.4) is 0 Å². The number of hydrogen-bond acceptors (Lipinski definition) is 3. The number of benzene rings is 3. The average Bonchev–Trinajstić information content (AvgIpc) is 2.68. The van der Waals surface area contributed by atoms with Gasteiger partial charge in [-0.1, -0.05) is 40.2 Å². The predicted octanol–water partition coefficient (Wildman–Crippen LogP) is 5.63. The Labute approximate surface area is 178 Å². The zero-order valence-electron chi connectivity index (χ0n) is 14.9. The summed E-state index contributed by atoms with van der Waals surface area (Å²) >= 11 is 3.13. The molecule has 0 unspecified atom stereocenters. The minimum Gasteiger partial charge on any atom is -0.478 e. The third kappa shape index (κ3) is 4.82. The number of sulfonamides is 1. The van der Waals surface area contributed by atoms with E-state index in [4.69, 9.17) is 0 Å². The quantitative estimate of drug-likeness (QED) is 0.476. The Balaban J connectivity index is 1.86. The van der Waals surface area contributed by atoms with Crippen molar-refractivity contribution in [3.63, 3.8) is 0 Å². The molecular weight excluding hydrogens is 487 g/mol. The van der Waals surface area contributed by atoms with Crippen molar-refractivity contribution in [1.29, 1.82) is 0 Å². The minimum absolute atomic E-state index is 0.0995. The molecule has 3 aromatic rings. The number of carbonyl (C=O) groups is 1. The lowest BCUT2D eigenvalue weighted by molar-refractivity contribution is -0.137. The van der Waals surface area contributed by atoms with Crippen LogP contribution < -0.4 is 4.72 Å². The van der Waals surface area contributed by atoms with Gasteiger partial charge in [-0.25, -0.2) is 13.2 Å². The molecule has 30 heavy (non-hydrogen) atoms. The molecule has 0 amide bonds. The van der Waals surface area contributed by atoms with Crippen LogP contribution in [0.15, 0.2) is 76.1 Å². The fraction of sp³-hybridized carbons (Fsp3) is 0.0500. The molecule has 2 N–H and O–H groups in total. The molecule has 156 valence electrons. The highest BCUT2D eigenvalue weighted by Gasteiger charge is 2.30. The van der Waals surface area contributed by atoms with Crippen LogP contribution in [0.2, 0.25) is 0 Å². The van der Waals surface area contributed by atoms with Crippen LogP contribution in [0, 0.1) is 0 Å². The van der Waals surface area contributed by atoms with Crippen LogP contribution >= 0.6 is 15.9 Å². The van der Waals surface area contributed by atoms with E-state index in [9.17, 15) is 31.5 Å². The number of anilines is 1. The summed E-state index contributed by atoms with van der Waals surface area (Å²) in [6.45, 7) is 0. The summed E-state index contributed by atoms with van der Waals surface area (Å²) < 4.78 is 66.0. The molecule has 0 aliphatic carbocycles. The highest BCUT2D eigenvalue weighted by molar-refractivity contribution is 9.10. The van der Waals surface area contributed by atoms with Gasteiger partial charge < -0.3 is 5.11 Å². The van der Waals surface area contributed by atoms with Gasteiger partial charge >= 0.3 is 12.1 Å². The molecule has 0 aliphatic heterocycles. The van der Waals surface area contributed by atoms with Crippen LogP contribution in [0.5, 0.6) is 0 Å². The van der Waals surface area contributed by atoms with Crippen molar-refractivity contribution >= 4 is 37.6 Å². The summed E-state index contributed by atoms with van der Waals surface area (Å²) in [5.74, 6) is -1.30. The number of rotatable bonds is 5. The lowest BCUT2D eigenvalue weighted by Crippen LogP contribution is -2.15. The lowest BCUT2D eigenvalue weighted by Gasteiger charge is -2.12. The van der Waals surface area contributed by atoms with Crippen LogP contribution in [0.4, 0.5) is 18.9 Å². The normalized spacial score (nSPS) is 11.9. The van der Waals surface area contributed by atoms with Gasteiger partial charge in [0.15, 0.2) is 0 Å². The van der Waals surface area contributed by atoms with E-state index >= 15 is 0 Å². The third-order valence-electron chi connectivity index (χ3n) is 4.17. The number of carboxylic acid groups (broad SMARTS) is 1. The highest BCUT2D eigenvalue weighted by atomic mass is 79.9. The van der Waals surface area contributed by atoms with E-state index in [0.717, 1.165) is 12.1 Å². The Hall–Kier alpha value is -2.85. The summed E-state index contributed by atoms with van der Waals surface area (Å²) in [4.78, 5) is 11.2. The van der Waals surface area contributed by atoms with Crippen LogP contribution in [-0.4, -0.2) is 19.5 Å². The first kappa shape index (κ1) is 21.8. The van der Waals surface area contributed by atoms with Gasteiger partial charge in [-0.3, -0.25) is 4.72 Å². The molecule has 0 aromatic heterocycles. The topological polar surface area (TPSA) is 83.5 Å². The van der Waals surface area contributed by atoms with Crippen molar-refractivity contribution in [3.05, 3.63) is 82.3 Å².